The molecule has 0 bridgehead atoms. The van der Waals surface area contributed by atoms with E-state index in [2.05, 4.69) is 15.3 Å². The average molecular weight is 420 g/mol. The number of halogens is 3. The van der Waals surface area contributed by atoms with Gasteiger partial charge in [-0.3, -0.25) is 4.79 Å². The van der Waals surface area contributed by atoms with Gasteiger partial charge < -0.3 is 19.5 Å². The number of hydrogen-bond acceptors (Lipinski definition) is 6. The van der Waals surface area contributed by atoms with Crippen LogP contribution in [-0.2, 0) is 9.53 Å². The SMILES string of the molecule is CC(=O)N[C@@H](C)COC1CC(COc2ncnc(OCC3CC3(F)F)c2Cl)C1. The summed E-state index contributed by atoms with van der Waals surface area (Å²) in [7, 11) is 0. The molecule has 0 radical (unpaired) electrons. The van der Waals surface area contributed by atoms with Crippen LogP contribution >= 0.6 is 11.6 Å². The van der Waals surface area contributed by atoms with Gasteiger partial charge in [0.05, 0.1) is 31.8 Å². The number of carbonyl (C=O) groups excluding carboxylic acids is 1. The van der Waals surface area contributed by atoms with Crippen molar-refractivity contribution in [3.8, 4) is 11.8 Å². The highest BCUT2D eigenvalue weighted by Crippen LogP contribution is 2.48. The zero-order valence-electron chi connectivity index (χ0n) is 15.8. The molecule has 1 heterocycles. The molecule has 2 saturated carbocycles. The first-order chi connectivity index (χ1) is 13.2. The minimum Gasteiger partial charge on any atom is -0.476 e. The Morgan fingerprint density at radius 2 is 1.93 bits per heavy atom. The molecule has 7 nitrogen and oxygen atoms in total. The van der Waals surface area contributed by atoms with Crippen LogP contribution in [0.3, 0.4) is 0 Å². The molecule has 0 spiro atoms. The predicted molar refractivity (Wildman–Crippen MR) is 96.8 cm³/mol. The van der Waals surface area contributed by atoms with Gasteiger partial charge in [0.25, 0.3) is 5.92 Å². The van der Waals surface area contributed by atoms with Crippen molar-refractivity contribution in [3.05, 3.63) is 11.3 Å². The molecular formula is C18H24ClF2N3O4. The zero-order chi connectivity index (χ0) is 20.3. The lowest BCUT2D eigenvalue weighted by Crippen LogP contribution is -2.40. The Kier molecular flexibility index (Phi) is 6.54. The quantitative estimate of drug-likeness (QED) is 0.628. The summed E-state index contributed by atoms with van der Waals surface area (Å²) < 4.78 is 42.5. The number of nitrogens with one attached hydrogen (secondary N) is 1. The van der Waals surface area contributed by atoms with E-state index in [9.17, 15) is 13.6 Å². The van der Waals surface area contributed by atoms with Gasteiger partial charge in [-0.25, -0.2) is 18.7 Å². The lowest BCUT2D eigenvalue weighted by atomic mass is 9.83. The summed E-state index contributed by atoms with van der Waals surface area (Å²) in [6.45, 7) is 4.11. The molecule has 1 N–H and O–H groups in total. The Morgan fingerprint density at radius 3 is 2.50 bits per heavy atom. The molecule has 2 atom stereocenters. The minimum absolute atomic E-state index is 0.0263. The van der Waals surface area contributed by atoms with Gasteiger partial charge in [-0.15, -0.1) is 0 Å². The second-order valence-electron chi connectivity index (χ2n) is 7.48. The van der Waals surface area contributed by atoms with Crippen LogP contribution in [0, 0.1) is 11.8 Å². The highest BCUT2D eigenvalue weighted by atomic mass is 35.5. The van der Waals surface area contributed by atoms with Crippen LogP contribution in [0.15, 0.2) is 6.33 Å². The van der Waals surface area contributed by atoms with Crippen molar-refractivity contribution in [2.45, 2.75) is 51.2 Å². The van der Waals surface area contributed by atoms with E-state index in [-0.39, 0.29) is 47.9 Å². The second-order valence-corrected chi connectivity index (χ2v) is 7.85. The fourth-order valence-corrected chi connectivity index (χ4v) is 3.19. The first-order valence-electron chi connectivity index (χ1n) is 9.27. The van der Waals surface area contributed by atoms with Crippen LogP contribution < -0.4 is 14.8 Å². The van der Waals surface area contributed by atoms with Gasteiger partial charge in [0.1, 0.15) is 6.33 Å². The molecule has 2 aliphatic carbocycles. The van der Waals surface area contributed by atoms with Crippen molar-refractivity contribution in [1.29, 1.82) is 0 Å². The highest BCUT2D eigenvalue weighted by molar-refractivity contribution is 6.33. The van der Waals surface area contributed by atoms with E-state index >= 15 is 0 Å². The molecule has 0 aliphatic heterocycles. The molecule has 28 heavy (non-hydrogen) atoms. The molecule has 2 fully saturated rings. The summed E-state index contributed by atoms with van der Waals surface area (Å²) in [5.41, 5.74) is 0. The Morgan fingerprint density at radius 1 is 1.32 bits per heavy atom. The third kappa shape index (κ3) is 5.64. The summed E-state index contributed by atoms with van der Waals surface area (Å²) in [5, 5.41) is 2.86. The smallest absolute Gasteiger partial charge is 0.255 e. The summed E-state index contributed by atoms with van der Waals surface area (Å²) in [4.78, 5) is 18.8. The van der Waals surface area contributed by atoms with E-state index < -0.39 is 11.8 Å². The van der Waals surface area contributed by atoms with E-state index in [0.717, 1.165) is 12.8 Å². The topological polar surface area (TPSA) is 82.6 Å². The molecule has 10 heteroatoms. The van der Waals surface area contributed by atoms with Crippen LogP contribution in [0.25, 0.3) is 0 Å². The summed E-state index contributed by atoms with van der Waals surface area (Å²) >= 11 is 6.16. The molecule has 1 aromatic rings. The Hall–Kier alpha value is -1.74. The highest BCUT2D eigenvalue weighted by Gasteiger charge is 2.57. The molecule has 3 rings (SSSR count). The average Bonchev–Trinajstić information content (AvgIpc) is 3.19. The van der Waals surface area contributed by atoms with E-state index in [1.807, 2.05) is 6.92 Å². The third-order valence-electron chi connectivity index (χ3n) is 4.78. The van der Waals surface area contributed by atoms with Gasteiger partial charge in [0.2, 0.25) is 17.7 Å². The largest absolute Gasteiger partial charge is 0.476 e. The molecule has 0 aromatic carbocycles. The van der Waals surface area contributed by atoms with Gasteiger partial charge in [-0.2, -0.15) is 0 Å². The first kappa shape index (κ1) is 21.0. The molecular weight excluding hydrogens is 396 g/mol. The van der Waals surface area contributed by atoms with Crippen LogP contribution in [0.2, 0.25) is 5.02 Å². The fourth-order valence-electron chi connectivity index (χ4n) is 2.98. The van der Waals surface area contributed by atoms with Crippen LogP contribution in [0.4, 0.5) is 8.78 Å². The van der Waals surface area contributed by atoms with E-state index in [4.69, 9.17) is 25.8 Å². The molecule has 1 aromatic heterocycles. The van der Waals surface area contributed by atoms with Gasteiger partial charge in [-0.05, 0) is 25.7 Å². The lowest BCUT2D eigenvalue weighted by Gasteiger charge is -2.35. The van der Waals surface area contributed by atoms with Gasteiger partial charge in [0.15, 0.2) is 5.02 Å². The zero-order valence-corrected chi connectivity index (χ0v) is 16.5. The van der Waals surface area contributed by atoms with E-state index in [1.165, 1.54) is 13.3 Å². The van der Waals surface area contributed by atoms with Crippen LogP contribution in [-0.4, -0.2) is 53.8 Å². The number of amides is 1. The van der Waals surface area contributed by atoms with E-state index in [1.54, 1.807) is 0 Å². The monoisotopic (exact) mass is 419 g/mol. The summed E-state index contributed by atoms with van der Waals surface area (Å²) in [5.74, 6) is -2.98. The Labute approximate surface area is 167 Å². The number of nitrogens with zero attached hydrogens (tertiary/aromatic N) is 2. The first-order valence-corrected chi connectivity index (χ1v) is 9.65. The predicted octanol–water partition coefficient (Wildman–Crippen LogP) is 2.86. The summed E-state index contributed by atoms with van der Waals surface area (Å²) in [6, 6.07) is -0.0263. The Bertz CT molecular complexity index is 703. The molecule has 156 valence electrons. The van der Waals surface area contributed by atoms with Crippen LogP contribution in [0.1, 0.15) is 33.1 Å². The van der Waals surface area contributed by atoms with Crippen molar-refractivity contribution in [1.82, 2.24) is 15.3 Å². The number of carbonyl (C=O) groups is 1. The van der Waals surface area contributed by atoms with Crippen molar-refractivity contribution in [3.63, 3.8) is 0 Å². The number of aromatic nitrogens is 2. The fraction of sp³-hybridized carbons (Fsp3) is 0.722. The van der Waals surface area contributed by atoms with Crippen LogP contribution in [0.5, 0.6) is 11.8 Å². The number of rotatable bonds is 10. The third-order valence-corrected chi connectivity index (χ3v) is 5.11. The van der Waals surface area contributed by atoms with Gasteiger partial charge in [0, 0.05) is 19.4 Å². The number of ether oxygens (including phenoxy) is 3. The maximum atomic E-state index is 12.9. The van der Waals surface area contributed by atoms with Crippen molar-refractivity contribution >= 4 is 17.5 Å². The molecule has 0 saturated heterocycles. The van der Waals surface area contributed by atoms with Gasteiger partial charge in [-0.1, -0.05) is 11.6 Å². The standard InChI is InChI=1S/C18H24ClF2N3O4/c1-10(24-11(2)25)6-26-14-3-12(4-14)7-27-16-15(19)17(23-9-22-16)28-8-13-5-18(13,20)21/h9-10,12-14H,3-8H2,1-2H3,(H,24,25)/t10-,12?,13?,14?/m0/s1. The molecule has 1 amide bonds. The number of hydrogen-bond donors (Lipinski definition) is 1. The van der Waals surface area contributed by atoms with Gasteiger partial charge >= 0.3 is 0 Å². The van der Waals surface area contributed by atoms with E-state index in [0.29, 0.717) is 19.1 Å². The maximum absolute atomic E-state index is 12.9. The number of alkyl halides is 2. The Balaban J connectivity index is 1.36. The minimum atomic E-state index is -2.65. The van der Waals surface area contributed by atoms with Crippen molar-refractivity contribution in [2.24, 2.45) is 11.8 Å². The molecule has 1 unspecified atom stereocenters. The van der Waals surface area contributed by atoms with Crippen molar-refractivity contribution < 1.29 is 27.8 Å². The molecule has 2 aliphatic rings. The van der Waals surface area contributed by atoms with Crippen molar-refractivity contribution in [2.75, 3.05) is 19.8 Å². The lowest BCUT2D eigenvalue weighted by molar-refractivity contribution is -0.120. The maximum Gasteiger partial charge on any atom is 0.255 e. The second kappa shape index (κ2) is 8.73. The normalized spacial score (nSPS) is 26.1. The summed E-state index contributed by atoms with van der Waals surface area (Å²) in [6.07, 6.45) is 2.89.